The second-order valence-electron chi connectivity index (χ2n) is 10.3. The summed E-state index contributed by atoms with van der Waals surface area (Å²) in [4.78, 5) is 11.4. The van der Waals surface area contributed by atoms with Crippen LogP contribution >= 0.6 is 0 Å². The van der Waals surface area contributed by atoms with Crippen LogP contribution in [-0.4, -0.2) is 28.0 Å². The van der Waals surface area contributed by atoms with Gasteiger partial charge in [0.25, 0.3) is 0 Å². The van der Waals surface area contributed by atoms with E-state index in [1.165, 1.54) is 47.0 Å². The van der Waals surface area contributed by atoms with Gasteiger partial charge in [-0.25, -0.2) is 9.37 Å². The molecule has 3 aliphatic rings. The molecule has 3 unspecified atom stereocenters. The van der Waals surface area contributed by atoms with Crippen LogP contribution < -0.4 is 10.6 Å². The van der Waals surface area contributed by atoms with E-state index >= 15 is 0 Å². The van der Waals surface area contributed by atoms with Gasteiger partial charge in [0.05, 0.1) is 11.6 Å². The molecule has 0 bridgehead atoms. The number of nitrogens with one attached hydrogen (secondary N) is 4. The topological polar surface area (TPSA) is 68.5 Å². The van der Waals surface area contributed by atoms with E-state index in [2.05, 4.69) is 69.1 Å². The molecule has 4 N–H and O–H groups in total. The number of aryl methyl sites for hydroxylation is 1. The summed E-state index contributed by atoms with van der Waals surface area (Å²) in [5.74, 6) is 7.07. The zero-order chi connectivity index (χ0) is 25.4. The quantitative estimate of drug-likeness (QED) is 0.250. The molecule has 1 saturated heterocycles. The molecule has 3 heterocycles. The highest BCUT2D eigenvalue weighted by atomic mass is 19.1. The number of aromatic amines is 2. The Bertz CT molecular complexity index is 1450. The highest BCUT2D eigenvalue weighted by molar-refractivity contribution is 5.83. The van der Waals surface area contributed by atoms with E-state index in [-0.39, 0.29) is 17.8 Å². The second-order valence-corrected chi connectivity index (χ2v) is 10.3. The summed E-state index contributed by atoms with van der Waals surface area (Å²) >= 11 is 0. The fourth-order valence-electron chi connectivity index (χ4n) is 5.81. The van der Waals surface area contributed by atoms with Crippen molar-refractivity contribution in [2.45, 2.75) is 57.5 Å². The Kier molecular flexibility index (Phi) is 6.58. The average molecular weight is 496 g/mol. The smallest absolute Gasteiger partial charge is 0.152 e. The zero-order valence-corrected chi connectivity index (χ0v) is 21.4. The third-order valence-electron chi connectivity index (χ3n) is 7.72. The first kappa shape index (κ1) is 24.0. The Hall–Kier alpha value is -3.40. The molecule has 0 amide bonds. The van der Waals surface area contributed by atoms with Crippen molar-refractivity contribution in [2.75, 3.05) is 13.1 Å². The van der Waals surface area contributed by atoms with Gasteiger partial charge in [0.2, 0.25) is 0 Å². The summed E-state index contributed by atoms with van der Waals surface area (Å²) in [6, 6.07) is 6.06. The lowest BCUT2D eigenvalue weighted by Gasteiger charge is -2.24. The van der Waals surface area contributed by atoms with Crippen molar-refractivity contribution in [1.82, 2.24) is 25.6 Å². The first-order valence-corrected chi connectivity index (χ1v) is 13.6. The molecule has 2 aliphatic carbocycles. The Balaban J connectivity index is 1.20. The molecule has 3 aromatic rings. The van der Waals surface area contributed by atoms with E-state index in [1.807, 2.05) is 6.07 Å². The summed E-state index contributed by atoms with van der Waals surface area (Å²) in [5, 5.41) is 6.97. The lowest BCUT2D eigenvalue weighted by Crippen LogP contribution is -2.21. The van der Waals surface area contributed by atoms with Crippen molar-refractivity contribution in [1.29, 1.82) is 0 Å². The minimum Gasteiger partial charge on any atom is -0.360 e. The molecule has 0 saturated carbocycles. The predicted octanol–water partition coefficient (Wildman–Crippen LogP) is 6.01. The van der Waals surface area contributed by atoms with E-state index < -0.39 is 0 Å². The Morgan fingerprint density at radius 3 is 3.00 bits per heavy atom. The van der Waals surface area contributed by atoms with Crippen molar-refractivity contribution < 1.29 is 4.39 Å². The summed E-state index contributed by atoms with van der Waals surface area (Å²) in [7, 11) is 0. The monoisotopic (exact) mass is 495 g/mol. The SMILES string of the molecule is C=CC(NCCC)c1nc2c(F)cc(C#CC3C=C4CCc5[nH]c(C6CCCN6)cc5C4=CC3)cc2[nH]1. The fraction of sp³-hybridized carbons (Fsp3) is 0.387. The number of allylic oxidation sites excluding steroid dienone is 4. The Morgan fingerprint density at radius 1 is 1.27 bits per heavy atom. The van der Waals surface area contributed by atoms with Crippen LogP contribution in [0.2, 0.25) is 0 Å². The van der Waals surface area contributed by atoms with Crippen molar-refractivity contribution in [3.8, 4) is 11.8 Å². The number of rotatable bonds is 6. The van der Waals surface area contributed by atoms with Crippen LogP contribution in [0.3, 0.4) is 0 Å². The molecular weight excluding hydrogens is 461 g/mol. The number of aromatic nitrogens is 3. The van der Waals surface area contributed by atoms with Crippen LogP contribution in [0.25, 0.3) is 16.6 Å². The van der Waals surface area contributed by atoms with Crippen molar-refractivity contribution in [3.05, 3.63) is 82.7 Å². The third kappa shape index (κ3) is 4.70. The molecule has 5 nitrogen and oxygen atoms in total. The van der Waals surface area contributed by atoms with Gasteiger partial charge in [-0.2, -0.15) is 0 Å². The van der Waals surface area contributed by atoms with Gasteiger partial charge in [0, 0.05) is 34.5 Å². The second kappa shape index (κ2) is 10.2. The standard InChI is InChI=1S/C31H34FN5/c1-3-13-33-25(4-2)31-36-29-17-20(16-24(32)30(29)37-31)8-7-19-9-11-22-21(15-19)10-12-26-23(22)18-28(35-26)27-6-5-14-34-27/h4,11,15-19,25,27,33-35H,2-3,5-6,9-10,12-14H2,1H3,(H,36,37). The Labute approximate surface area is 217 Å². The number of hydrogen-bond acceptors (Lipinski definition) is 3. The van der Waals surface area contributed by atoms with Gasteiger partial charge in [0.1, 0.15) is 11.3 Å². The summed E-state index contributed by atoms with van der Waals surface area (Å²) < 4.78 is 14.9. The van der Waals surface area contributed by atoms with Crippen molar-refractivity contribution >= 4 is 16.6 Å². The van der Waals surface area contributed by atoms with E-state index in [0.717, 1.165) is 38.8 Å². The molecule has 37 heavy (non-hydrogen) atoms. The van der Waals surface area contributed by atoms with E-state index in [1.54, 1.807) is 6.08 Å². The number of H-pyrrole nitrogens is 2. The van der Waals surface area contributed by atoms with Gasteiger partial charge in [-0.1, -0.05) is 37.0 Å². The number of benzene rings is 1. The number of hydrogen-bond donors (Lipinski definition) is 4. The average Bonchev–Trinajstić information content (AvgIpc) is 3.67. The molecule has 1 aliphatic heterocycles. The lowest BCUT2D eigenvalue weighted by molar-refractivity contribution is 0.591. The van der Waals surface area contributed by atoms with E-state index in [9.17, 15) is 4.39 Å². The molecule has 0 spiro atoms. The van der Waals surface area contributed by atoms with Gasteiger partial charge >= 0.3 is 0 Å². The minimum absolute atomic E-state index is 0.134. The number of nitrogens with zero attached hydrogens (tertiary/aromatic N) is 1. The number of fused-ring (bicyclic) bond motifs is 4. The first-order valence-electron chi connectivity index (χ1n) is 13.6. The molecule has 1 aromatic carbocycles. The van der Waals surface area contributed by atoms with Crippen LogP contribution in [0.4, 0.5) is 4.39 Å². The van der Waals surface area contributed by atoms with Crippen LogP contribution in [-0.2, 0) is 6.42 Å². The van der Waals surface area contributed by atoms with Crippen LogP contribution in [0.15, 0.2) is 48.6 Å². The van der Waals surface area contributed by atoms with Gasteiger partial charge in [-0.15, -0.1) is 6.58 Å². The molecule has 6 rings (SSSR count). The molecule has 190 valence electrons. The van der Waals surface area contributed by atoms with Gasteiger partial charge in [-0.3, -0.25) is 0 Å². The maximum Gasteiger partial charge on any atom is 0.152 e. The largest absolute Gasteiger partial charge is 0.360 e. The summed E-state index contributed by atoms with van der Waals surface area (Å²) in [6.45, 7) is 7.93. The normalized spacial score (nSPS) is 21.5. The first-order chi connectivity index (χ1) is 18.1. The molecule has 3 atom stereocenters. The van der Waals surface area contributed by atoms with Crippen molar-refractivity contribution in [3.63, 3.8) is 0 Å². The predicted molar refractivity (Wildman–Crippen MR) is 147 cm³/mol. The highest BCUT2D eigenvalue weighted by Crippen LogP contribution is 2.40. The molecule has 2 aromatic heterocycles. The van der Waals surface area contributed by atoms with E-state index in [4.69, 9.17) is 0 Å². The van der Waals surface area contributed by atoms with Crippen LogP contribution in [0, 0.1) is 23.6 Å². The maximum absolute atomic E-state index is 14.9. The molecule has 1 fully saturated rings. The van der Waals surface area contributed by atoms with E-state index in [0.29, 0.717) is 28.5 Å². The zero-order valence-electron chi connectivity index (χ0n) is 21.4. The molecule has 6 heteroatoms. The number of imidazole rings is 1. The highest BCUT2D eigenvalue weighted by Gasteiger charge is 2.27. The minimum atomic E-state index is -0.355. The van der Waals surface area contributed by atoms with Crippen molar-refractivity contribution in [2.24, 2.45) is 5.92 Å². The van der Waals surface area contributed by atoms with Gasteiger partial charge in [-0.05, 0) is 81.0 Å². The number of halogens is 1. The van der Waals surface area contributed by atoms with Crippen LogP contribution in [0.1, 0.15) is 79.5 Å². The van der Waals surface area contributed by atoms with Gasteiger partial charge < -0.3 is 20.6 Å². The summed E-state index contributed by atoms with van der Waals surface area (Å²) in [5.41, 5.74) is 8.47. The maximum atomic E-state index is 14.9. The summed E-state index contributed by atoms with van der Waals surface area (Å²) in [6.07, 6.45) is 12.8. The Morgan fingerprint density at radius 2 is 2.19 bits per heavy atom. The molecular formula is C31H34FN5. The lowest BCUT2D eigenvalue weighted by atomic mass is 9.80. The molecule has 0 radical (unpaired) electrons. The third-order valence-corrected chi connectivity index (χ3v) is 7.72. The fourth-order valence-corrected chi connectivity index (χ4v) is 5.81. The van der Waals surface area contributed by atoms with Crippen LogP contribution in [0.5, 0.6) is 0 Å². The van der Waals surface area contributed by atoms with Gasteiger partial charge in [0.15, 0.2) is 5.82 Å².